The summed E-state index contributed by atoms with van der Waals surface area (Å²) in [6.45, 7) is 3.53. The fourth-order valence-corrected chi connectivity index (χ4v) is 3.11. The Balaban J connectivity index is 1.46. The number of carbonyl (C=O) groups is 3. The summed E-state index contributed by atoms with van der Waals surface area (Å²) in [5, 5.41) is 8.62. The van der Waals surface area contributed by atoms with Gasteiger partial charge >= 0.3 is 0 Å². The molecule has 7 heteroatoms. The number of likely N-dealkylation sites (tertiary alicyclic amines) is 1. The number of amides is 3. The van der Waals surface area contributed by atoms with Crippen molar-refractivity contribution in [2.45, 2.75) is 26.2 Å². The molecule has 0 saturated carbocycles. The molecule has 0 aromatic heterocycles. The van der Waals surface area contributed by atoms with Gasteiger partial charge in [-0.15, -0.1) is 0 Å². The zero-order valence-corrected chi connectivity index (χ0v) is 16.5. The summed E-state index contributed by atoms with van der Waals surface area (Å²) in [5.41, 5.74) is 2.78. The van der Waals surface area contributed by atoms with Crippen LogP contribution in [0, 0.1) is 0 Å². The van der Waals surface area contributed by atoms with Gasteiger partial charge in [0.25, 0.3) is 5.91 Å². The van der Waals surface area contributed by atoms with Crippen LogP contribution in [0.4, 0.5) is 17.1 Å². The molecule has 3 amide bonds. The highest BCUT2D eigenvalue weighted by Crippen LogP contribution is 2.16. The number of anilines is 3. The molecule has 3 rings (SSSR count). The average molecular weight is 394 g/mol. The van der Waals surface area contributed by atoms with E-state index in [0.717, 1.165) is 37.3 Å². The van der Waals surface area contributed by atoms with Crippen LogP contribution < -0.4 is 16.0 Å². The molecule has 29 heavy (non-hydrogen) atoms. The summed E-state index contributed by atoms with van der Waals surface area (Å²) in [5.74, 6) is -0.189. The topological polar surface area (TPSA) is 90.5 Å². The Kier molecular flexibility index (Phi) is 6.84. The molecule has 7 nitrogen and oxygen atoms in total. The van der Waals surface area contributed by atoms with E-state index in [1.807, 2.05) is 4.90 Å². The zero-order valence-electron chi connectivity index (χ0n) is 16.5. The third-order valence-corrected chi connectivity index (χ3v) is 4.75. The van der Waals surface area contributed by atoms with Gasteiger partial charge in [-0.05, 0) is 61.4 Å². The fourth-order valence-electron chi connectivity index (χ4n) is 3.11. The van der Waals surface area contributed by atoms with Gasteiger partial charge in [-0.3, -0.25) is 14.4 Å². The van der Waals surface area contributed by atoms with E-state index in [-0.39, 0.29) is 24.3 Å². The van der Waals surface area contributed by atoms with Crippen LogP contribution >= 0.6 is 0 Å². The van der Waals surface area contributed by atoms with Crippen LogP contribution in [0.5, 0.6) is 0 Å². The summed E-state index contributed by atoms with van der Waals surface area (Å²) in [4.78, 5) is 37.7. The van der Waals surface area contributed by atoms with Gasteiger partial charge < -0.3 is 20.9 Å². The molecule has 1 saturated heterocycles. The molecule has 0 unspecified atom stereocenters. The van der Waals surface area contributed by atoms with Gasteiger partial charge in [-0.25, -0.2) is 0 Å². The lowest BCUT2D eigenvalue weighted by atomic mass is 10.2. The molecule has 3 N–H and O–H groups in total. The maximum Gasteiger partial charge on any atom is 0.253 e. The van der Waals surface area contributed by atoms with Crippen molar-refractivity contribution in [3.05, 3.63) is 54.1 Å². The maximum atomic E-state index is 12.3. The average Bonchev–Trinajstić information content (AvgIpc) is 3.28. The molecule has 1 aliphatic rings. The first-order chi connectivity index (χ1) is 14.0. The lowest BCUT2D eigenvalue weighted by Crippen LogP contribution is -2.27. The van der Waals surface area contributed by atoms with Crippen LogP contribution in [0.15, 0.2) is 48.5 Å². The number of hydrogen-bond donors (Lipinski definition) is 3. The summed E-state index contributed by atoms with van der Waals surface area (Å²) in [6, 6.07) is 14.1. The number of nitrogens with zero attached hydrogens (tertiary/aromatic N) is 1. The smallest absolute Gasteiger partial charge is 0.253 e. The lowest BCUT2D eigenvalue weighted by molar-refractivity contribution is -0.116. The van der Waals surface area contributed by atoms with Crippen molar-refractivity contribution in [2.75, 3.05) is 35.6 Å². The predicted molar refractivity (Wildman–Crippen MR) is 114 cm³/mol. The van der Waals surface area contributed by atoms with Gasteiger partial charge in [0.1, 0.15) is 0 Å². The van der Waals surface area contributed by atoms with Crippen LogP contribution in [-0.4, -0.2) is 42.3 Å². The molecule has 0 spiro atoms. The highest BCUT2D eigenvalue weighted by atomic mass is 16.2. The van der Waals surface area contributed by atoms with Gasteiger partial charge in [-0.2, -0.15) is 0 Å². The Morgan fingerprint density at radius 3 is 1.90 bits per heavy atom. The van der Waals surface area contributed by atoms with Gasteiger partial charge in [0.2, 0.25) is 11.8 Å². The van der Waals surface area contributed by atoms with Gasteiger partial charge in [0.05, 0.1) is 6.54 Å². The molecule has 1 aliphatic heterocycles. The Hall–Kier alpha value is -3.35. The molecule has 1 fully saturated rings. The first-order valence-electron chi connectivity index (χ1n) is 9.88. The second-order valence-corrected chi connectivity index (χ2v) is 6.96. The van der Waals surface area contributed by atoms with Crippen molar-refractivity contribution in [3.8, 4) is 0 Å². The minimum Gasteiger partial charge on any atom is -0.376 e. The van der Waals surface area contributed by atoms with Gasteiger partial charge in [0.15, 0.2) is 0 Å². The quantitative estimate of drug-likeness (QED) is 0.672. The second-order valence-electron chi connectivity index (χ2n) is 6.96. The minimum atomic E-state index is -0.188. The van der Waals surface area contributed by atoms with Crippen molar-refractivity contribution < 1.29 is 14.4 Å². The highest BCUT2D eigenvalue weighted by Gasteiger charge is 2.19. The molecule has 0 aliphatic carbocycles. The van der Waals surface area contributed by atoms with Crippen LogP contribution in [-0.2, 0) is 9.59 Å². The molecule has 0 bridgehead atoms. The van der Waals surface area contributed by atoms with E-state index < -0.39 is 0 Å². The monoisotopic (exact) mass is 394 g/mol. The van der Waals surface area contributed by atoms with Crippen LogP contribution in [0.2, 0.25) is 0 Å². The number of carbonyl (C=O) groups excluding carboxylic acids is 3. The maximum absolute atomic E-state index is 12.3. The van der Waals surface area contributed by atoms with Crippen molar-refractivity contribution in [2.24, 2.45) is 0 Å². The summed E-state index contributed by atoms with van der Waals surface area (Å²) in [6.07, 6.45) is 2.54. The normalized spacial score (nSPS) is 13.1. The Morgan fingerprint density at radius 1 is 0.793 bits per heavy atom. The number of nitrogens with one attached hydrogen (secondary N) is 3. The largest absolute Gasteiger partial charge is 0.376 e. The van der Waals surface area contributed by atoms with Crippen LogP contribution in [0.25, 0.3) is 0 Å². The standard InChI is InChI=1S/C22H26N4O3/c1-2-20(27)24-19-11-9-17(10-12-19)23-15-21(28)25-18-7-5-16(6-8-18)22(29)26-13-3-4-14-26/h5-12,23H,2-4,13-15H2,1H3,(H,24,27)(H,25,28). The van der Waals surface area contributed by atoms with Gasteiger partial charge in [-0.1, -0.05) is 6.92 Å². The molecule has 0 radical (unpaired) electrons. The van der Waals surface area contributed by atoms with E-state index in [1.54, 1.807) is 55.5 Å². The molecule has 152 valence electrons. The van der Waals surface area contributed by atoms with E-state index in [2.05, 4.69) is 16.0 Å². The van der Waals surface area contributed by atoms with E-state index >= 15 is 0 Å². The third-order valence-electron chi connectivity index (χ3n) is 4.75. The lowest BCUT2D eigenvalue weighted by Gasteiger charge is -2.15. The summed E-state index contributed by atoms with van der Waals surface area (Å²) >= 11 is 0. The van der Waals surface area contributed by atoms with E-state index in [1.165, 1.54) is 0 Å². The fraction of sp³-hybridized carbons (Fsp3) is 0.318. The highest BCUT2D eigenvalue weighted by molar-refractivity contribution is 5.97. The van der Waals surface area contributed by atoms with Crippen molar-refractivity contribution in [1.29, 1.82) is 0 Å². The first kappa shape index (κ1) is 20.4. The molecule has 0 atom stereocenters. The Morgan fingerprint density at radius 2 is 1.31 bits per heavy atom. The van der Waals surface area contributed by atoms with E-state index in [9.17, 15) is 14.4 Å². The number of rotatable bonds is 7. The number of benzene rings is 2. The third kappa shape index (κ3) is 5.81. The van der Waals surface area contributed by atoms with Crippen LogP contribution in [0.3, 0.4) is 0 Å². The van der Waals surface area contributed by atoms with Crippen LogP contribution in [0.1, 0.15) is 36.5 Å². The number of hydrogen-bond acceptors (Lipinski definition) is 4. The van der Waals surface area contributed by atoms with Crippen molar-refractivity contribution in [1.82, 2.24) is 4.90 Å². The zero-order chi connectivity index (χ0) is 20.6. The van der Waals surface area contributed by atoms with E-state index in [0.29, 0.717) is 17.7 Å². The molecular formula is C22H26N4O3. The van der Waals surface area contributed by atoms with E-state index in [4.69, 9.17) is 0 Å². The Bertz CT molecular complexity index is 857. The summed E-state index contributed by atoms with van der Waals surface area (Å²) in [7, 11) is 0. The first-order valence-corrected chi connectivity index (χ1v) is 9.88. The SMILES string of the molecule is CCC(=O)Nc1ccc(NCC(=O)Nc2ccc(C(=O)N3CCCC3)cc2)cc1. The minimum absolute atomic E-state index is 0.0422. The Labute approximate surface area is 170 Å². The van der Waals surface area contributed by atoms with Crippen molar-refractivity contribution in [3.63, 3.8) is 0 Å². The summed E-state index contributed by atoms with van der Waals surface area (Å²) < 4.78 is 0. The molecule has 2 aromatic carbocycles. The van der Waals surface area contributed by atoms with Crippen molar-refractivity contribution >= 4 is 34.8 Å². The van der Waals surface area contributed by atoms with Gasteiger partial charge in [0, 0.05) is 42.1 Å². The molecule has 2 aromatic rings. The molecular weight excluding hydrogens is 368 g/mol. The molecule has 1 heterocycles. The second kappa shape index (κ2) is 9.73. The predicted octanol–water partition coefficient (Wildman–Crippen LogP) is 3.32.